The van der Waals surface area contributed by atoms with E-state index in [4.69, 9.17) is 4.74 Å². The average molecular weight is 536 g/mol. The first-order chi connectivity index (χ1) is 19.2. The molecule has 1 heterocycles. The minimum atomic E-state index is -1.80. The van der Waals surface area contributed by atoms with E-state index >= 15 is 0 Å². The molecule has 5 aromatic rings. The Morgan fingerprint density at radius 3 is 1.95 bits per heavy atom. The Bertz CT molecular complexity index is 1390. The van der Waals surface area contributed by atoms with E-state index in [-0.39, 0.29) is 5.91 Å². The number of amides is 1. The summed E-state index contributed by atoms with van der Waals surface area (Å²) in [5, 5.41) is 8.30. The maximum atomic E-state index is 11.2. The molecule has 0 aliphatic carbocycles. The van der Waals surface area contributed by atoms with Gasteiger partial charge in [-0.3, -0.25) is 4.79 Å². The highest BCUT2D eigenvalue weighted by molar-refractivity contribution is 7.95. The van der Waals surface area contributed by atoms with Gasteiger partial charge in [0.25, 0.3) is 0 Å². The van der Waals surface area contributed by atoms with Crippen molar-refractivity contribution in [1.29, 1.82) is 0 Å². The number of benzene rings is 4. The lowest BCUT2D eigenvalue weighted by Crippen LogP contribution is -2.33. The SMILES string of the molecule is CC(=O)NCCc1c[nH]c2ccc(OCCCC[P+](c3ccccc3)(c3ccccc3)c3ccccc3)cc12. The summed E-state index contributed by atoms with van der Waals surface area (Å²) >= 11 is 0. The van der Waals surface area contributed by atoms with Gasteiger partial charge in [0.1, 0.15) is 28.9 Å². The fraction of sp³-hybridized carbons (Fsp3) is 0.206. The van der Waals surface area contributed by atoms with Crippen molar-refractivity contribution in [2.24, 2.45) is 0 Å². The third-order valence-corrected chi connectivity index (χ3v) is 11.8. The summed E-state index contributed by atoms with van der Waals surface area (Å²) < 4.78 is 6.24. The topological polar surface area (TPSA) is 54.1 Å². The second kappa shape index (κ2) is 12.8. The van der Waals surface area contributed by atoms with E-state index in [1.54, 1.807) is 6.92 Å². The highest BCUT2D eigenvalue weighted by Gasteiger charge is 2.44. The molecule has 198 valence electrons. The first-order valence-corrected chi connectivity index (χ1v) is 15.7. The summed E-state index contributed by atoms with van der Waals surface area (Å²) in [5.41, 5.74) is 2.27. The molecule has 0 aliphatic rings. The number of hydrogen-bond donors (Lipinski definition) is 2. The van der Waals surface area contributed by atoms with Crippen molar-refractivity contribution in [3.05, 3.63) is 121 Å². The van der Waals surface area contributed by atoms with Gasteiger partial charge in [-0.05, 0) is 79.4 Å². The predicted octanol–water partition coefficient (Wildman–Crippen LogP) is 6.00. The van der Waals surface area contributed by atoms with Crippen molar-refractivity contribution in [1.82, 2.24) is 10.3 Å². The summed E-state index contributed by atoms with van der Waals surface area (Å²) in [7, 11) is -1.80. The molecule has 4 nitrogen and oxygen atoms in total. The van der Waals surface area contributed by atoms with Gasteiger partial charge in [-0.15, -0.1) is 0 Å². The zero-order valence-electron chi connectivity index (χ0n) is 22.5. The highest BCUT2D eigenvalue weighted by atomic mass is 31.2. The average Bonchev–Trinajstić information content (AvgIpc) is 3.38. The lowest BCUT2D eigenvalue weighted by atomic mass is 10.1. The Morgan fingerprint density at radius 2 is 1.38 bits per heavy atom. The van der Waals surface area contributed by atoms with Crippen LogP contribution in [0.1, 0.15) is 25.3 Å². The van der Waals surface area contributed by atoms with Gasteiger partial charge < -0.3 is 15.0 Å². The molecule has 5 heteroatoms. The Morgan fingerprint density at radius 1 is 0.795 bits per heavy atom. The van der Waals surface area contributed by atoms with E-state index in [0.717, 1.165) is 42.1 Å². The maximum absolute atomic E-state index is 11.2. The van der Waals surface area contributed by atoms with Crippen molar-refractivity contribution in [2.75, 3.05) is 19.3 Å². The van der Waals surface area contributed by atoms with E-state index in [1.165, 1.54) is 21.5 Å². The van der Waals surface area contributed by atoms with Crippen LogP contribution in [0.3, 0.4) is 0 Å². The number of unbranched alkanes of at least 4 members (excludes halogenated alkanes) is 1. The molecular weight excluding hydrogens is 499 g/mol. The van der Waals surface area contributed by atoms with Crippen molar-refractivity contribution < 1.29 is 9.53 Å². The molecule has 5 rings (SSSR count). The molecule has 1 aromatic heterocycles. The largest absolute Gasteiger partial charge is 0.494 e. The summed E-state index contributed by atoms with van der Waals surface area (Å²) in [5.74, 6) is 0.884. The third kappa shape index (κ3) is 6.24. The van der Waals surface area contributed by atoms with Gasteiger partial charge in [0.2, 0.25) is 5.91 Å². The van der Waals surface area contributed by atoms with E-state index in [9.17, 15) is 4.79 Å². The van der Waals surface area contributed by atoms with Crippen LogP contribution in [0.25, 0.3) is 10.9 Å². The predicted molar refractivity (Wildman–Crippen MR) is 165 cm³/mol. The van der Waals surface area contributed by atoms with Crippen LogP contribution in [-0.2, 0) is 11.2 Å². The van der Waals surface area contributed by atoms with Crippen LogP contribution in [0.2, 0.25) is 0 Å². The van der Waals surface area contributed by atoms with Crippen molar-refractivity contribution in [3.8, 4) is 5.75 Å². The van der Waals surface area contributed by atoms with Crippen molar-refractivity contribution in [2.45, 2.75) is 26.2 Å². The molecule has 0 atom stereocenters. The van der Waals surface area contributed by atoms with Gasteiger partial charge in [-0.25, -0.2) is 0 Å². The van der Waals surface area contributed by atoms with Gasteiger partial charge >= 0.3 is 0 Å². The van der Waals surface area contributed by atoms with E-state index in [2.05, 4.69) is 113 Å². The van der Waals surface area contributed by atoms with Crippen molar-refractivity contribution in [3.63, 3.8) is 0 Å². The number of nitrogens with one attached hydrogen (secondary N) is 2. The molecule has 39 heavy (non-hydrogen) atoms. The van der Waals surface area contributed by atoms with E-state index < -0.39 is 7.26 Å². The van der Waals surface area contributed by atoms with Crippen LogP contribution in [0.4, 0.5) is 0 Å². The second-order valence-corrected chi connectivity index (χ2v) is 13.5. The molecule has 1 amide bonds. The second-order valence-electron chi connectivity index (χ2n) is 9.85. The number of fused-ring (bicyclic) bond motifs is 1. The fourth-order valence-corrected chi connectivity index (χ4v) is 9.76. The summed E-state index contributed by atoms with van der Waals surface area (Å²) in [6.07, 6.45) is 5.96. The molecule has 0 saturated carbocycles. The molecule has 0 fully saturated rings. The Hall–Kier alpha value is -3.88. The van der Waals surface area contributed by atoms with Gasteiger partial charge in [0, 0.05) is 30.6 Å². The first-order valence-electron chi connectivity index (χ1n) is 13.7. The van der Waals surface area contributed by atoms with Gasteiger partial charge in [0.05, 0.1) is 12.8 Å². The molecule has 0 radical (unpaired) electrons. The van der Waals surface area contributed by atoms with Crippen LogP contribution in [0.15, 0.2) is 115 Å². The quantitative estimate of drug-likeness (QED) is 0.152. The third-order valence-electron chi connectivity index (χ3n) is 7.25. The minimum absolute atomic E-state index is 0.00266. The van der Waals surface area contributed by atoms with E-state index in [1.807, 2.05) is 12.3 Å². The normalized spacial score (nSPS) is 11.4. The monoisotopic (exact) mass is 535 g/mol. The number of carbonyl (C=O) groups excluding carboxylic acids is 1. The van der Waals surface area contributed by atoms with Crippen molar-refractivity contribution >= 4 is 40.0 Å². The molecule has 0 bridgehead atoms. The number of carbonyl (C=O) groups is 1. The highest BCUT2D eigenvalue weighted by Crippen LogP contribution is 2.55. The zero-order valence-corrected chi connectivity index (χ0v) is 23.4. The van der Waals surface area contributed by atoms with Crippen LogP contribution < -0.4 is 26.0 Å². The smallest absolute Gasteiger partial charge is 0.216 e. The Balaban J connectivity index is 1.30. The van der Waals surface area contributed by atoms with Crippen LogP contribution >= 0.6 is 7.26 Å². The van der Waals surface area contributed by atoms with Crippen LogP contribution in [0, 0.1) is 0 Å². The molecular formula is C34H36N2O2P+. The number of ether oxygens (including phenoxy) is 1. The molecule has 0 unspecified atom stereocenters. The molecule has 0 saturated heterocycles. The summed E-state index contributed by atoms with van der Waals surface area (Å²) in [6.45, 7) is 2.85. The lowest BCUT2D eigenvalue weighted by Gasteiger charge is -2.27. The van der Waals surface area contributed by atoms with Crippen LogP contribution in [0.5, 0.6) is 5.75 Å². The molecule has 0 spiro atoms. The lowest BCUT2D eigenvalue weighted by molar-refractivity contribution is -0.118. The number of H-pyrrole nitrogens is 1. The zero-order chi connectivity index (χ0) is 26.9. The summed E-state index contributed by atoms with van der Waals surface area (Å²) in [6, 6.07) is 39.4. The van der Waals surface area contributed by atoms with Gasteiger partial charge in [-0.1, -0.05) is 54.6 Å². The summed E-state index contributed by atoms with van der Waals surface area (Å²) in [4.78, 5) is 14.6. The minimum Gasteiger partial charge on any atom is -0.494 e. The Kier molecular flexibility index (Phi) is 8.75. The first kappa shape index (κ1) is 26.7. The van der Waals surface area contributed by atoms with Crippen LogP contribution in [-0.4, -0.2) is 30.2 Å². The molecule has 4 aromatic carbocycles. The number of aromatic amines is 1. The number of rotatable bonds is 12. The molecule has 0 aliphatic heterocycles. The maximum Gasteiger partial charge on any atom is 0.216 e. The standard InChI is InChI=1S/C34H35N2O2P/c1-27(37)35-22-21-28-26-36-34-20-19-29(25-33(28)34)38-23-11-12-24-39(30-13-5-2-6-14-30,31-15-7-3-8-16-31)32-17-9-4-10-18-32/h2-10,13-20,25-26,36H,11-12,21-24H2,1H3/p+1. The Labute approximate surface area is 231 Å². The number of aromatic nitrogens is 1. The number of hydrogen-bond acceptors (Lipinski definition) is 2. The molecule has 2 N–H and O–H groups in total. The van der Waals surface area contributed by atoms with Gasteiger partial charge in [-0.2, -0.15) is 0 Å². The van der Waals surface area contributed by atoms with E-state index in [0.29, 0.717) is 13.2 Å². The van der Waals surface area contributed by atoms with Gasteiger partial charge in [0.15, 0.2) is 0 Å². The fourth-order valence-electron chi connectivity index (χ4n) is 5.35.